The highest BCUT2D eigenvalue weighted by molar-refractivity contribution is 6.32. The van der Waals surface area contributed by atoms with Crippen molar-refractivity contribution in [2.75, 3.05) is 13.2 Å². The van der Waals surface area contributed by atoms with Gasteiger partial charge in [0, 0.05) is 24.3 Å². The number of halogens is 5. The molecule has 0 radical (unpaired) electrons. The third-order valence-electron chi connectivity index (χ3n) is 3.11. The highest BCUT2D eigenvalue weighted by Gasteiger charge is 2.29. The van der Waals surface area contributed by atoms with Gasteiger partial charge in [-0.3, -0.25) is 20.2 Å². The number of alkyl halides is 3. The van der Waals surface area contributed by atoms with Gasteiger partial charge in [0.25, 0.3) is 11.4 Å². The largest absolute Gasteiger partial charge is 0.492 e. The van der Waals surface area contributed by atoms with Gasteiger partial charge in [-0.25, -0.2) is 0 Å². The highest BCUT2D eigenvalue weighted by Crippen LogP contribution is 2.30. The van der Waals surface area contributed by atoms with Gasteiger partial charge in [-0.1, -0.05) is 30.1 Å². The maximum atomic E-state index is 11.8. The summed E-state index contributed by atoms with van der Waals surface area (Å²) in [6.07, 6.45) is -3.61. The number of hydrogen-bond donors (Lipinski definition) is 0. The average Bonchev–Trinajstić information content (AvgIpc) is 2.65. The van der Waals surface area contributed by atoms with E-state index in [0.29, 0.717) is 12.4 Å². The molecular weight excluding hydrogens is 456 g/mol. The molecule has 2 aromatic rings. The zero-order valence-corrected chi connectivity index (χ0v) is 16.8. The molecule has 0 unspecified atom stereocenters. The third-order valence-corrected chi connectivity index (χ3v) is 3.70. The fraction of sp³-hybridized carbons (Fsp3) is 0.294. The van der Waals surface area contributed by atoms with Crippen LogP contribution in [-0.2, 0) is 0 Å². The lowest BCUT2D eigenvalue weighted by atomic mass is 10.3. The zero-order chi connectivity index (χ0) is 22.9. The van der Waals surface area contributed by atoms with Gasteiger partial charge in [0.15, 0.2) is 6.61 Å². The van der Waals surface area contributed by atoms with E-state index in [1.54, 1.807) is 0 Å². The summed E-state index contributed by atoms with van der Waals surface area (Å²) in [7, 11) is 0. The summed E-state index contributed by atoms with van der Waals surface area (Å²) in [5, 5.41) is 20.7. The van der Waals surface area contributed by atoms with E-state index in [1.165, 1.54) is 18.2 Å². The van der Waals surface area contributed by atoms with Crippen LogP contribution >= 0.6 is 23.2 Å². The zero-order valence-electron chi connectivity index (χ0n) is 15.3. The first-order valence-electron chi connectivity index (χ1n) is 8.14. The topological polar surface area (TPSA) is 105 Å². The molecule has 164 valence electrons. The lowest BCUT2D eigenvalue weighted by molar-refractivity contribution is -0.385. The summed E-state index contributed by atoms with van der Waals surface area (Å²) in [5.41, 5.74) is -0.344. The number of rotatable bonds is 7. The normalized spacial score (nSPS) is 10.6. The highest BCUT2D eigenvalue weighted by atomic mass is 35.5. The van der Waals surface area contributed by atoms with Crippen LogP contribution in [0.25, 0.3) is 0 Å². The van der Waals surface area contributed by atoms with E-state index >= 15 is 0 Å². The van der Waals surface area contributed by atoms with Crippen LogP contribution in [0.2, 0.25) is 10.0 Å². The molecule has 0 bridgehead atoms. The summed E-state index contributed by atoms with van der Waals surface area (Å²) in [6, 6.07) is 7.12. The quantitative estimate of drug-likeness (QED) is 0.350. The molecule has 0 fully saturated rings. The second-order valence-electron chi connectivity index (χ2n) is 5.50. The van der Waals surface area contributed by atoms with Crippen molar-refractivity contribution in [2.24, 2.45) is 0 Å². The minimum absolute atomic E-state index is 0.0288. The maximum Gasteiger partial charge on any atom is 0.422 e. The Morgan fingerprint density at radius 3 is 1.67 bits per heavy atom. The van der Waals surface area contributed by atoms with Gasteiger partial charge in [-0.15, -0.1) is 0 Å². The first kappa shape index (κ1) is 25.2. The van der Waals surface area contributed by atoms with Crippen molar-refractivity contribution in [1.29, 1.82) is 0 Å². The SMILES string of the molecule is CCCOc1ccc([N+](=O)[O-])cc1Cl.O=[N+]([O-])c1ccc(OCC(F)(F)F)c(Cl)c1. The number of non-ortho nitro benzene ring substituents is 2. The minimum Gasteiger partial charge on any atom is -0.492 e. The van der Waals surface area contributed by atoms with Crippen molar-refractivity contribution in [3.63, 3.8) is 0 Å². The standard InChI is InChI=1S/C9H10ClNO3.C8H5ClF3NO3/c1-2-5-14-9-4-3-7(11(12)13)6-8(9)10;9-6-3-5(13(14)15)1-2-7(6)16-4-8(10,11)12/h3-4,6H,2,5H2,1H3;1-3H,4H2. The van der Waals surface area contributed by atoms with Crippen LogP contribution in [0.5, 0.6) is 11.5 Å². The molecule has 2 rings (SSSR count). The smallest absolute Gasteiger partial charge is 0.422 e. The summed E-state index contributed by atoms with van der Waals surface area (Å²) < 4.78 is 45.0. The fourth-order valence-electron chi connectivity index (χ4n) is 1.81. The molecule has 0 aliphatic rings. The van der Waals surface area contributed by atoms with Crippen molar-refractivity contribution in [3.8, 4) is 11.5 Å². The number of nitro benzene ring substituents is 2. The Morgan fingerprint density at radius 1 is 0.900 bits per heavy atom. The Bertz CT molecular complexity index is 896. The maximum absolute atomic E-state index is 11.8. The van der Waals surface area contributed by atoms with E-state index < -0.39 is 22.6 Å². The second-order valence-corrected chi connectivity index (χ2v) is 6.31. The molecule has 0 spiro atoms. The van der Waals surface area contributed by atoms with Crippen molar-refractivity contribution in [3.05, 3.63) is 66.7 Å². The van der Waals surface area contributed by atoms with Crippen LogP contribution in [0.3, 0.4) is 0 Å². The molecule has 0 heterocycles. The predicted octanol–water partition coefficient (Wildman–Crippen LogP) is 6.23. The molecular formula is C17H15Cl2F3N2O6. The van der Waals surface area contributed by atoms with Crippen molar-refractivity contribution in [1.82, 2.24) is 0 Å². The van der Waals surface area contributed by atoms with Gasteiger partial charge in [0.1, 0.15) is 11.5 Å². The van der Waals surface area contributed by atoms with Crippen LogP contribution in [-0.4, -0.2) is 29.2 Å². The van der Waals surface area contributed by atoms with E-state index in [1.807, 2.05) is 6.92 Å². The van der Waals surface area contributed by atoms with Gasteiger partial charge >= 0.3 is 6.18 Å². The lowest BCUT2D eigenvalue weighted by Gasteiger charge is -2.09. The van der Waals surface area contributed by atoms with Crippen LogP contribution in [0.15, 0.2) is 36.4 Å². The van der Waals surface area contributed by atoms with Gasteiger partial charge < -0.3 is 9.47 Å². The second kappa shape index (κ2) is 11.4. The lowest BCUT2D eigenvalue weighted by Crippen LogP contribution is -2.19. The van der Waals surface area contributed by atoms with Crippen LogP contribution in [0.1, 0.15) is 13.3 Å². The predicted molar refractivity (Wildman–Crippen MR) is 104 cm³/mol. The number of ether oxygens (including phenoxy) is 2. The Hall–Kier alpha value is -2.79. The van der Waals surface area contributed by atoms with Gasteiger partial charge in [-0.2, -0.15) is 13.2 Å². The molecule has 30 heavy (non-hydrogen) atoms. The Kier molecular flexibility index (Phi) is 9.60. The van der Waals surface area contributed by atoms with E-state index in [2.05, 4.69) is 4.74 Å². The van der Waals surface area contributed by atoms with Crippen molar-refractivity contribution >= 4 is 34.6 Å². The number of nitrogens with zero attached hydrogens (tertiary/aromatic N) is 2. The number of benzene rings is 2. The molecule has 8 nitrogen and oxygen atoms in total. The molecule has 0 amide bonds. The summed E-state index contributed by atoms with van der Waals surface area (Å²) in [4.78, 5) is 19.5. The van der Waals surface area contributed by atoms with E-state index in [9.17, 15) is 33.4 Å². The van der Waals surface area contributed by atoms with E-state index in [4.69, 9.17) is 27.9 Å². The first-order valence-corrected chi connectivity index (χ1v) is 8.90. The number of nitro groups is 2. The summed E-state index contributed by atoms with van der Waals surface area (Å²) in [6.45, 7) is 1.03. The number of hydrogen-bond acceptors (Lipinski definition) is 6. The van der Waals surface area contributed by atoms with Gasteiger partial charge in [-0.05, 0) is 18.6 Å². The Balaban J connectivity index is 0.000000303. The van der Waals surface area contributed by atoms with Gasteiger partial charge in [0.2, 0.25) is 0 Å². The first-order chi connectivity index (χ1) is 13.9. The summed E-state index contributed by atoms with van der Waals surface area (Å²) in [5.74, 6) is 0.240. The van der Waals surface area contributed by atoms with E-state index in [-0.39, 0.29) is 27.2 Å². The molecule has 0 saturated carbocycles. The molecule has 0 aromatic heterocycles. The monoisotopic (exact) mass is 470 g/mol. The van der Waals surface area contributed by atoms with E-state index in [0.717, 1.165) is 24.6 Å². The molecule has 0 N–H and O–H groups in total. The van der Waals surface area contributed by atoms with Crippen LogP contribution in [0.4, 0.5) is 24.5 Å². The third kappa shape index (κ3) is 8.70. The average molecular weight is 471 g/mol. The van der Waals surface area contributed by atoms with Crippen molar-refractivity contribution in [2.45, 2.75) is 19.5 Å². The molecule has 13 heteroatoms. The molecule has 0 aliphatic carbocycles. The molecule has 0 atom stereocenters. The molecule has 0 saturated heterocycles. The molecule has 0 aliphatic heterocycles. The Labute approximate surface area is 178 Å². The minimum atomic E-state index is -4.48. The van der Waals surface area contributed by atoms with Gasteiger partial charge in [0.05, 0.1) is 26.5 Å². The van der Waals surface area contributed by atoms with Crippen LogP contribution < -0.4 is 9.47 Å². The Morgan fingerprint density at radius 2 is 1.33 bits per heavy atom. The summed E-state index contributed by atoms with van der Waals surface area (Å²) >= 11 is 11.3. The van der Waals surface area contributed by atoms with Crippen LogP contribution in [0, 0.1) is 20.2 Å². The van der Waals surface area contributed by atoms with Crippen molar-refractivity contribution < 1.29 is 32.5 Å². The molecule has 2 aromatic carbocycles. The fourth-order valence-corrected chi connectivity index (χ4v) is 2.27.